The molecule has 6 heteroatoms. The summed E-state index contributed by atoms with van der Waals surface area (Å²) < 4.78 is 0. The van der Waals surface area contributed by atoms with Crippen LogP contribution in [0.25, 0.3) is 11.6 Å². The van der Waals surface area contributed by atoms with Crippen LogP contribution < -0.4 is 0 Å². The van der Waals surface area contributed by atoms with E-state index in [4.69, 9.17) is 23.2 Å². The molecular formula is C15H8Cl2N2O2. The first-order valence-corrected chi connectivity index (χ1v) is 6.59. The second-order valence-electron chi connectivity index (χ2n) is 4.11. The highest BCUT2D eigenvalue weighted by Gasteiger charge is 2.16. The van der Waals surface area contributed by atoms with Gasteiger partial charge in [-0.25, -0.2) is 0 Å². The fourth-order valence-electron chi connectivity index (χ4n) is 1.80. The number of benzene rings is 2. The number of nitriles is 1. The van der Waals surface area contributed by atoms with Crippen LogP contribution in [-0.4, -0.2) is 4.92 Å². The van der Waals surface area contributed by atoms with E-state index in [-0.39, 0.29) is 16.8 Å². The normalized spacial score (nSPS) is 11.0. The number of halogens is 2. The van der Waals surface area contributed by atoms with Gasteiger partial charge in [-0.3, -0.25) is 10.1 Å². The number of hydrogen-bond donors (Lipinski definition) is 0. The molecule has 0 spiro atoms. The summed E-state index contributed by atoms with van der Waals surface area (Å²) in [6, 6.07) is 12.9. The predicted octanol–water partition coefficient (Wildman–Crippen LogP) is 4.97. The summed E-state index contributed by atoms with van der Waals surface area (Å²) in [7, 11) is 0. The number of allylic oxidation sites excluding steroid dienone is 1. The third-order valence-corrected chi connectivity index (χ3v) is 3.34. The highest BCUT2D eigenvalue weighted by Crippen LogP contribution is 2.29. The standard InChI is InChI=1S/C15H8Cl2N2O2/c16-12-6-5-10(14(17)8-12)7-11(9-18)13-3-1-2-4-15(13)19(20)21/h1-8H. The topological polar surface area (TPSA) is 66.9 Å². The molecule has 0 atom stereocenters. The van der Waals surface area contributed by atoms with E-state index in [9.17, 15) is 15.4 Å². The van der Waals surface area contributed by atoms with E-state index in [2.05, 4.69) is 0 Å². The lowest BCUT2D eigenvalue weighted by Gasteiger charge is -2.03. The molecule has 2 aromatic rings. The summed E-state index contributed by atoms with van der Waals surface area (Å²) in [4.78, 5) is 10.5. The number of rotatable bonds is 3. The van der Waals surface area contributed by atoms with Gasteiger partial charge in [0, 0.05) is 16.1 Å². The van der Waals surface area contributed by atoms with Crippen LogP contribution in [0.2, 0.25) is 10.0 Å². The van der Waals surface area contributed by atoms with Crippen LogP contribution in [-0.2, 0) is 0 Å². The molecule has 0 aliphatic carbocycles. The van der Waals surface area contributed by atoms with E-state index >= 15 is 0 Å². The van der Waals surface area contributed by atoms with Crippen LogP contribution >= 0.6 is 23.2 Å². The van der Waals surface area contributed by atoms with Gasteiger partial charge in [0.1, 0.15) is 6.07 Å². The maximum atomic E-state index is 11.0. The van der Waals surface area contributed by atoms with E-state index in [0.717, 1.165) is 0 Å². The van der Waals surface area contributed by atoms with Gasteiger partial charge in [-0.15, -0.1) is 0 Å². The Morgan fingerprint density at radius 1 is 1.24 bits per heavy atom. The summed E-state index contributed by atoms with van der Waals surface area (Å²) in [5, 5.41) is 21.2. The van der Waals surface area contributed by atoms with E-state index in [1.54, 1.807) is 30.3 Å². The quantitative estimate of drug-likeness (QED) is 0.347. The minimum atomic E-state index is -0.524. The van der Waals surface area contributed by atoms with Gasteiger partial charge in [-0.1, -0.05) is 41.4 Å². The molecule has 2 rings (SSSR count). The first kappa shape index (κ1) is 15.0. The maximum Gasteiger partial charge on any atom is 0.277 e. The van der Waals surface area contributed by atoms with Crippen LogP contribution in [0.3, 0.4) is 0 Å². The molecule has 0 saturated carbocycles. The van der Waals surface area contributed by atoms with Crippen molar-refractivity contribution in [2.24, 2.45) is 0 Å². The molecule has 0 aliphatic rings. The zero-order valence-electron chi connectivity index (χ0n) is 10.6. The van der Waals surface area contributed by atoms with Crippen molar-refractivity contribution in [3.8, 4) is 6.07 Å². The summed E-state index contributed by atoms with van der Waals surface area (Å²) in [6.07, 6.45) is 1.50. The molecule has 0 unspecified atom stereocenters. The zero-order chi connectivity index (χ0) is 15.4. The summed E-state index contributed by atoms with van der Waals surface area (Å²) in [5.74, 6) is 0. The van der Waals surface area contributed by atoms with Crippen molar-refractivity contribution in [1.82, 2.24) is 0 Å². The number of nitro groups is 1. The Kier molecular flexibility index (Phi) is 4.59. The molecule has 104 valence electrons. The van der Waals surface area contributed by atoms with Crippen molar-refractivity contribution >= 4 is 40.5 Å². The molecule has 0 heterocycles. The largest absolute Gasteiger partial charge is 0.277 e. The molecule has 0 radical (unpaired) electrons. The van der Waals surface area contributed by atoms with Gasteiger partial charge in [-0.05, 0) is 29.8 Å². The van der Waals surface area contributed by atoms with Crippen molar-refractivity contribution in [1.29, 1.82) is 5.26 Å². The second kappa shape index (κ2) is 6.40. The summed E-state index contributed by atoms with van der Waals surface area (Å²) >= 11 is 11.9. The fraction of sp³-hybridized carbons (Fsp3) is 0. The molecule has 0 amide bonds. The lowest BCUT2D eigenvalue weighted by Crippen LogP contribution is -1.94. The van der Waals surface area contributed by atoms with Crippen LogP contribution in [0.5, 0.6) is 0 Å². The molecule has 4 nitrogen and oxygen atoms in total. The van der Waals surface area contributed by atoms with Crippen molar-refractivity contribution in [2.75, 3.05) is 0 Å². The average Bonchev–Trinajstić information content (AvgIpc) is 2.46. The molecule has 0 aromatic heterocycles. The van der Waals surface area contributed by atoms with Crippen molar-refractivity contribution in [3.05, 3.63) is 73.8 Å². The first-order chi connectivity index (χ1) is 10.0. The number of hydrogen-bond acceptors (Lipinski definition) is 3. The van der Waals surface area contributed by atoms with Crippen molar-refractivity contribution < 1.29 is 4.92 Å². The van der Waals surface area contributed by atoms with Gasteiger partial charge in [0.25, 0.3) is 5.69 Å². The first-order valence-electron chi connectivity index (χ1n) is 5.83. The lowest BCUT2D eigenvalue weighted by molar-refractivity contribution is -0.385. The van der Waals surface area contributed by atoms with Crippen molar-refractivity contribution in [2.45, 2.75) is 0 Å². The lowest BCUT2D eigenvalue weighted by atomic mass is 10.0. The van der Waals surface area contributed by atoms with E-state index in [1.165, 1.54) is 18.2 Å². The number of para-hydroxylation sites is 1. The SMILES string of the molecule is N#CC(=Cc1ccc(Cl)cc1Cl)c1ccccc1[N+](=O)[O-]. The van der Waals surface area contributed by atoms with E-state index in [0.29, 0.717) is 15.6 Å². The Morgan fingerprint density at radius 3 is 2.57 bits per heavy atom. The van der Waals surface area contributed by atoms with Crippen LogP contribution in [0.15, 0.2) is 42.5 Å². The minimum Gasteiger partial charge on any atom is -0.258 e. The average molecular weight is 319 g/mol. The molecule has 0 N–H and O–H groups in total. The Bertz CT molecular complexity index is 779. The second-order valence-corrected chi connectivity index (χ2v) is 4.95. The minimum absolute atomic E-state index is 0.129. The molecule has 0 aliphatic heterocycles. The third kappa shape index (κ3) is 3.40. The zero-order valence-corrected chi connectivity index (χ0v) is 12.1. The van der Waals surface area contributed by atoms with Crippen LogP contribution in [0, 0.1) is 21.4 Å². The van der Waals surface area contributed by atoms with E-state index in [1.807, 2.05) is 6.07 Å². The Labute approximate surface area is 131 Å². The maximum absolute atomic E-state index is 11.0. The summed E-state index contributed by atoms with van der Waals surface area (Å²) in [6.45, 7) is 0. The predicted molar refractivity (Wildman–Crippen MR) is 83.0 cm³/mol. The van der Waals surface area contributed by atoms with Gasteiger partial charge in [0.15, 0.2) is 0 Å². The van der Waals surface area contributed by atoms with Gasteiger partial charge in [-0.2, -0.15) is 5.26 Å². The summed E-state index contributed by atoms with van der Waals surface area (Å²) in [5.41, 5.74) is 0.841. The molecule has 0 fully saturated rings. The fourth-order valence-corrected chi connectivity index (χ4v) is 2.27. The third-order valence-electron chi connectivity index (χ3n) is 2.77. The Balaban J connectivity index is 2.57. The number of nitrogens with zero attached hydrogens (tertiary/aromatic N) is 2. The molecule has 0 saturated heterocycles. The molecule has 2 aromatic carbocycles. The van der Waals surface area contributed by atoms with Crippen LogP contribution in [0.4, 0.5) is 5.69 Å². The van der Waals surface area contributed by atoms with Gasteiger partial charge in [0.2, 0.25) is 0 Å². The van der Waals surface area contributed by atoms with Gasteiger partial charge >= 0.3 is 0 Å². The monoisotopic (exact) mass is 318 g/mol. The molecule has 0 bridgehead atoms. The molecule has 21 heavy (non-hydrogen) atoms. The highest BCUT2D eigenvalue weighted by molar-refractivity contribution is 6.35. The Hall–Kier alpha value is -2.35. The molecular weight excluding hydrogens is 311 g/mol. The van der Waals surface area contributed by atoms with Crippen molar-refractivity contribution in [3.63, 3.8) is 0 Å². The Morgan fingerprint density at radius 2 is 1.95 bits per heavy atom. The number of nitro benzene ring substituents is 1. The van der Waals surface area contributed by atoms with Gasteiger partial charge in [0.05, 0.1) is 16.1 Å². The van der Waals surface area contributed by atoms with Crippen LogP contribution in [0.1, 0.15) is 11.1 Å². The van der Waals surface area contributed by atoms with E-state index < -0.39 is 4.92 Å². The smallest absolute Gasteiger partial charge is 0.258 e. The van der Waals surface area contributed by atoms with Gasteiger partial charge < -0.3 is 0 Å². The highest BCUT2D eigenvalue weighted by atomic mass is 35.5.